The first-order valence-electron chi connectivity index (χ1n) is 5.37. The molecule has 0 amide bonds. The van der Waals surface area contributed by atoms with Gasteiger partial charge in [0.05, 0.1) is 24.3 Å². The van der Waals surface area contributed by atoms with Crippen molar-refractivity contribution in [2.24, 2.45) is 0 Å². The number of hydrogen-bond donors (Lipinski definition) is 1. The third kappa shape index (κ3) is 2.84. The van der Waals surface area contributed by atoms with Gasteiger partial charge >= 0.3 is 0 Å². The zero-order valence-corrected chi connectivity index (χ0v) is 9.91. The van der Waals surface area contributed by atoms with Crippen molar-refractivity contribution in [2.45, 2.75) is 19.1 Å². The van der Waals surface area contributed by atoms with Crippen LogP contribution in [0.15, 0.2) is 18.3 Å². The molecule has 1 fully saturated rings. The first-order chi connectivity index (χ1) is 7.79. The molecule has 5 heteroatoms. The number of nitrogens with one attached hydrogen (secondary N) is 1. The zero-order valence-electron chi connectivity index (χ0n) is 9.15. The summed E-state index contributed by atoms with van der Waals surface area (Å²) in [6.07, 6.45) is 1.72. The lowest BCUT2D eigenvalue weighted by Crippen LogP contribution is -2.34. The van der Waals surface area contributed by atoms with E-state index >= 15 is 0 Å². The average Bonchev–Trinajstić information content (AvgIpc) is 2.70. The van der Waals surface area contributed by atoms with Crippen LogP contribution in [-0.2, 0) is 9.47 Å². The Morgan fingerprint density at radius 3 is 3.12 bits per heavy atom. The van der Waals surface area contributed by atoms with Crippen LogP contribution in [0.5, 0.6) is 0 Å². The second-order valence-corrected chi connectivity index (χ2v) is 4.08. The van der Waals surface area contributed by atoms with E-state index in [4.69, 9.17) is 21.1 Å². The third-order valence-corrected chi connectivity index (χ3v) is 2.69. The molecule has 1 aromatic heterocycles. The number of ether oxygens (including phenoxy) is 2. The fourth-order valence-corrected chi connectivity index (χ4v) is 1.81. The van der Waals surface area contributed by atoms with Crippen LogP contribution < -0.4 is 5.32 Å². The smallest absolute Gasteiger partial charge is 0.126 e. The molecule has 1 aliphatic heterocycles. The van der Waals surface area contributed by atoms with Crippen molar-refractivity contribution in [1.29, 1.82) is 0 Å². The standard InChI is InChI=1S/C11H15ClN2O2/c1-2-16-10-7-15-6-9(10)14-11-4-3-8(12)5-13-11/h3-5,9-10H,2,6-7H2,1H3,(H,13,14)/t9-,10-/m0/s1. The molecule has 2 atom stereocenters. The summed E-state index contributed by atoms with van der Waals surface area (Å²) in [7, 11) is 0. The molecule has 0 saturated carbocycles. The third-order valence-electron chi connectivity index (χ3n) is 2.47. The van der Waals surface area contributed by atoms with Crippen LogP contribution in [0, 0.1) is 0 Å². The van der Waals surface area contributed by atoms with Crippen LogP contribution >= 0.6 is 11.6 Å². The monoisotopic (exact) mass is 242 g/mol. The number of aromatic nitrogens is 1. The Bertz CT molecular complexity index is 331. The Morgan fingerprint density at radius 2 is 2.44 bits per heavy atom. The molecular weight excluding hydrogens is 228 g/mol. The summed E-state index contributed by atoms with van der Waals surface area (Å²) in [6.45, 7) is 3.96. The first-order valence-corrected chi connectivity index (χ1v) is 5.75. The molecule has 2 rings (SSSR count). The van der Waals surface area contributed by atoms with Crippen LogP contribution in [0.2, 0.25) is 5.02 Å². The Hall–Kier alpha value is -0.840. The van der Waals surface area contributed by atoms with Gasteiger partial charge in [-0.15, -0.1) is 0 Å². The lowest BCUT2D eigenvalue weighted by Gasteiger charge is -2.19. The van der Waals surface area contributed by atoms with Crippen molar-refractivity contribution < 1.29 is 9.47 Å². The van der Waals surface area contributed by atoms with Gasteiger partial charge in [-0.05, 0) is 19.1 Å². The van der Waals surface area contributed by atoms with Crippen LogP contribution in [0.1, 0.15) is 6.92 Å². The van der Waals surface area contributed by atoms with Crippen molar-refractivity contribution in [3.05, 3.63) is 23.4 Å². The minimum Gasteiger partial charge on any atom is -0.376 e. The van der Waals surface area contributed by atoms with Crippen molar-refractivity contribution in [3.63, 3.8) is 0 Å². The van der Waals surface area contributed by atoms with Gasteiger partial charge < -0.3 is 14.8 Å². The predicted octanol–water partition coefficient (Wildman–Crippen LogP) is 1.95. The molecule has 1 aliphatic rings. The van der Waals surface area contributed by atoms with Gasteiger partial charge in [-0.25, -0.2) is 4.98 Å². The molecule has 2 heterocycles. The zero-order chi connectivity index (χ0) is 11.4. The molecule has 0 spiro atoms. The van der Waals surface area contributed by atoms with Gasteiger partial charge in [0.25, 0.3) is 0 Å². The highest BCUT2D eigenvalue weighted by molar-refractivity contribution is 6.30. The number of pyridine rings is 1. The molecule has 1 aromatic rings. The van der Waals surface area contributed by atoms with Gasteiger partial charge in [0.2, 0.25) is 0 Å². The van der Waals surface area contributed by atoms with E-state index in [1.54, 1.807) is 6.20 Å². The summed E-state index contributed by atoms with van der Waals surface area (Å²) in [5.41, 5.74) is 0. The maximum Gasteiger partial charge on any atom is 0.126 e. The topological polar surface area (TPSA) is 43.4 Å². The van der Waals surface area contributed by atoms with Gasteiger partial charge in [-0.1, -0.05) is 11.6 Å². The minimum atomic E-state index is 0.0995. The average molecular weight is 243 g/mol. The summed E-state index contributed by atoms with van der Waals surface area (Å²) in [5.74, 6) is 0.796. The summed E-state index contributed by atoms with van der Waals surface area (Å²) >= 11 is 5.77. The number of nitrogens with zero attached hydrogens (tertiary/aromatic N) is 1. The number of halogens is 1. The van der Waals surface area contributed by atoms with E-state index in [1.807, 2.05) is 19.1 Å². The van der Waals surface area contributed by atoms with E-state index in [0.29, 0.717) is 24.8 Å². The van der Waals surface area contributed by atoms with Crippen LogP contribution in [0.4, 0.5) is 5.82 Å². The number of hydrogen-bond acceptors (Lipinski definition) is 4. The Balaban J connectivity index is 1.95. The maximum absolute atomic E-state index is 5.77. The van der Waals surface area contributed by atoms with Crippen LogP contribution in [0.3, 0.4) is 0 Å². The highest BCUT2D eigenvalue weighted by atomic mass is 35.5. The molecule has 1 saturated heterocycles. The molecule has 4 nitrogen and oxygen atoms in total. The Morgan fingerprint density at radius 1 is 1.56 bits per heavy atom. The van der Waals surface area contributed by atoms with Crippen molar-refractivity contribution in [3.8, 4) is 0 Å². The van der Waals surface area contributed by atoms with Crippen LogP contribution in [0.25, 0.3) is 0 Å². The lowest BCUT2D eigenvalue weighted by molar-refractivity contribution is 0.0478. The van der Waals surface area contributed by atoms with E-state index in [9.17, 15) is 0 Å². The quantitative estimate of drug-likeness (QED) is 0.877. The normalized spacial score (nSPS) is 24.6. The maximum atomic E-state index is 5.77. The SMILES string of the molecule is CCO[C@H]1COC[C@@H]1Nc1ccc(Cl)cn1. The minimum absolute atomic E-state index is 0.0995. The summed E-state index contributed by atoms with van der Waals surface area (Å²) < 4.78 is 10.9. The van der Waals surface area contributed by atoms with Gasteiger partial charge in [0.1, 0.15) is 11.9 Å². The lowest BCUT2D eigenvalue weighted by atomic mass is 10.2. The first kappa shape index (κ1) is 11.6. The molecule has 88 valence electrons. The second kappa shape index (κ2) is 5.48. The summed E-state index contributed by atoms with van der Waals surface area (Å²) in [6, 6.07) is 3.82. The molecule has 0 aromatic carbocycles. The molecule has 0 aliphatic carbocycles. The van der Waals surface area contributed by atoms with Gasteiger partial charge in [0, 0.05) is 12.8 Å². The molecule has 0 radical (unpaired) electrons. The molecule has 16 heavy (non-hydrogen) atoms. The van der Waals surface area contributed by atoms with E-state index in [2.05, 4.69) is 10.3 Å². The van der Waals surface area contributed by atoms with Crippen molar-refractivity contribution in [2.75, 3.05) is 25.1 Å². The predicted molar refractivity (Wildman–Crippen MR) is 62.9 cm³/mol. The van der Waals surface area contributed by atoms with Gasteiger partial charge in [-0.2, -0.15) is 0 Å². The fraction of sp³-hybridized carbons (Fsp3) is 0.545. The summed E-state index contributed by atoms with van der Waals surface area (Å²) in [4.78, 5) is 4.18. The molecular formula is C11H15ClN2O2. The van der Waals surface area contributed by atoms with Crippen molar-refractivity contribution >= 4 is 17.4 Å². The Labute approximate surface area is 99.9 Å². The second-order valence-electron chi connectivity index (χ2n) is 3.64. The Kier molecular flexibility index (Phi) is 3.98. The van der Waals surface area contributed by atoms with E-state index < -0.39 is 0 Å². The number of anilines is 1. The van der Waals surface area contributed by atoms with Gasteiger partial charge in [0.15, 0.2) is 0 Å². The molecule has 1 N–H and O–H groups in total. The van der Waals surface area contributed by atoms with Crippen molar-refractivity contribution in [1.82, 2.24) is 4.98 Å². The van der Waals surface area contributed by atoms with E-state index in [0.717, 1.165) is 5.82 Å². The molecule has 0 unspecified atom stereocenters. The highest BCUT2D eigenvalue weighted by Crippen LogP contribution is 2.16. The highest BCUT2D eigenvalue weighted by Gasteiger charge is 2.28. The van der Waals surface area contributed by atoms with Crippen LogP contribution in [-0.4, -0.2) is 37.0 Å². The van der Waals surface area contributed by atoms with E-state index in [1.165, 1.54) is 0 Å². The summed E-state index contributed by atoms with van der Waals surface area (Å²) in [5, 5.41) is 3.92. The largest absolute Gasteiger partial charge is 0.376 e. The molecule has 0 bridgehead atoms. The number of rotatable bonds is 4. The fourth-order valence-electron chi connectivity index (χ4n) is 1.70. The van der Waals surface area contributed by atoms with E-state index in [-0.39, 0.29) is 12.1 Å². The van der Waals surface area contributed by atoms with Gasteiger partial charge in [-0.3, -0.25) is 0 Å².